The van der Waals surface area contributed by atoms with Crippen molar-refractivity contribution in [2.75, 3.05) is 0 Å². The maximum atomic E-state index is 6.92. The van der Waals surface area contributed by atoms with Gasteiger partial charge in [0.15, 0.2) is 0 Å². The fourth-order valence-corrected chi connectivity index (χ4v) is 8.91. The molecule has 5 aromatic heterocycles. The van der Waals surface area contributed by atoms with E-state index in [0.29, 0.717) is 0 Å². The van der Waals surface area contributed by atoms with Crippen molar-refractivity contribution in [2.45, 2.75) is 86.5 Å². The Kier molecular flexibility index (Phi) is 9.09. The first kappa shape index (κ1) is 36.5. The minimum absolute atomic E-state index is 0. The predicted molar refractivity (Wildman–Crippen MR) is 213 cm³/mol. The molecule has 0 aliphatic heterocycles. The van der Waals surface area contributed by atoms with Gasteiger partial charge in [0.1, 0.15) is 0 Å². The number of fused-ring (bicyclic) bond motifs is 4. The molecule has 0 amide bonds. The van der Waals surface area contributed by atoms with Crippen LogP contribution in [0.5, 0.6) is 0 Å². The summed E-state index contributed by atoms with van der Waals surface area (Å²) in [5, 5.41) is 4.94. The third-order valence-electron chi connectivity index (χ3n) is 9.58. The number of nitrogens with zero attached hydrogens (tertiary/aromatic N) is 3. The first-order valence-electron chi connectivity index (χ1n) is 17.7. The minimum Gasteiger partial charge on any atom is 0 e. The second-order valence-corrected chi connectivity index (χ2v) is 19.4. The zero-order valence-corrected chi connectivity index (χ0v) is 35.5. The molecule has 3 aromatic carbocycles. The normalized spacial score (nSPS) is 12.8. The summed E-state index contributed by atoms with van der Waals surface area (Å²) in [6, 6.07) is 27.4. The van der Waals surface area contributed by atoms with Crippen LogP contribution in [0, 0.1) is 18.4 Å². The molecule has 7 heteroatoms. The molecule has 0 bridgehead atoms. The molecule has 8 aromatic rings. The van der Waals surface area contributed by atoms with Crippen LogP contribution in [0.1, 0.15) is 84.6 Å². The van der Waals surface area contributed by atoms with Crippen molar-refractivity contribution in [1.82, 2.24) is 15.0 Å². The number of aromatic nitrogens is 3. The van der Waals surface area contributed by atoms with E-state index in [-0.39, 0.29) is 52.3 Å². The fourth-order valence-electron chi connectivity index (χ4n) is 6.99. The van der Waals surface area contributed by atoms with Gasteiger partial charge in [-0.05, 0) is 0 Å². The molecule has 0 fully saturated rings. The third kappa shape index (κ3) is 6.75. The predicted octanol–water partition coefficient (Wildman–Crippen LogP) is 10.4. The second-order valence-electron chi connectivity index (χ2n) is 17.2. The molecular formula is C45H44N3O2PtSe-. The summed E-state index contributed by atoms with van der Waals surface area (Å²) < 4.78 is 15.7. The smallest absolute Gasteiger partial charge is 0 e. The molecule has 0 saturated carbocycles. The van der Waals surface area contributed by atoms with E-state index in [1.165, 1.54) is 16.7 Å². The molecule has 5 heterocycles. The van der Waals surface area contributed by atoms with E-state index in [1.807, 2.05) is 6.20 Å². The summed E-state index contributed by atoms with van der Waals surface area (Å²) >= 11 is -0.196. The van der Waals surface area contributed by atoms with Gasteiger partial charge in [-0.3, -0.25) is 0 Å². The van der Waals surface area contributed by atoms with E-state index in [2.05, 4.69) is 142 Å². The zero-order chi connectivity index (χ0) is 36.0. The van der Waals surface area contributed by atoms with Crippen molar-refractivity contribution < 1.29 is 29.9 Å². The molecule has 0 atom stereocenters. The van der Waals surface area contributed by atoms with E-state index in [0.717, 1.165) is 87.3 Å². The van der Waals surface area contributed by atoms with Crippen molar-refractivity contribution in [1.29, 1.82) is 0 Å². The molecular weight excluding hydrogens is 889 g/mol. The molecule has 8 rings (SSSR count). The average Bonchev–Trinajstić information content (AvgIpc) is 3.37. The number of benzene rings is 3. The van der Waals surface area contributed by atoms with Crippen LogP contribution in [0.4, 0.5) is 0 Å². The first-order chi connectivity index (χ1) is 24.0. The van der Waals surface area contributed by atoms with Gasteiger partial charge in [0, 0.05) is 21.1 Å². The molecule has 0 aliphatic carbocycles. The number of hydrogen-bond acceptors (Lipinski definition) is 5. The van der Waals surface area contributed by atoms with E-state index in [4.69, 9.17) is 23.8 Å². The van der Waals surface area contributed by atoms with Gasteiger partial charge in [-0.2, -0.15) is 0 Å². The van der Waals surface area contributed by atoms with Gasteiger partial charge < -0.3 is 0 Å². The van der Waals surface area contributed by atoms with Crippen molar-refractivity contribution in [3.63, 3.8) is 0 Å². The van der Waals surface area contributed by atoms with Crippen molar-refractivity contribution in [3.05, 3.63) is 101 Å². The van der Waals surface area contributed by atoms with Crippen LogP contribution in [0.25, 0.3) is 66.2 Å². The van der Waals surface area contributed by atoms with Crippen LogP contribution in [0.2, 0.25) is 0 Å². The van der Waals surface area contributed by atoms with Gasteiger partial charge in [-0.25, -0.2) is 0 Å². The third-order valence-corrected chi connectivity index (χ3v) is 11.3. The Morgan fingerprint density at radius 2 is 1.35 bits per heavy atom. The second kappa shape index (κ2) is 12.9. The van der Waals surface area contributed by atoms with Gasteiger partial charge in [0.05, 0.1) is 0 Å². The maximum Gasteiger partial charge on any atom is 0 e. The van der Waals surface area contributed by atoms with Gasteiger partial charge in [-0.15, -0.1) is 0 Å². The molecule has 5 nitrogen and oxygen atoms in total. The van der Waals surface area contributed by atoms with Crippen molar-refractivity contribution in [3.8, 4) is 11.4 Å². The van der Waals surface area contributed by atoms with Crippen LogP contribution in [0.15, 0.2) is 81.8 Å². The molecule has 0 aliphatic rings. The van der Waals surface area contributed by atoms with Crippen molar-refractivity contribution >= 4 is 78.9 Å². The zero-order valence-electron chi connectivity index (χ0n) is 31.5. The van der Waals surface area contributed by atoms with Crippen LogP contribution in [-0.4, -0.2) is 29.9 Å². The summed E-state index contributed by atoms with van der Waals surface area (Å²) in [4.78, 5) is 15.4. The topological polar surface area (TPSA) is 65.0 Å². The van der Waals surface area contributed by atoms with Crippen LogP contribution < -0.4 is 9.18 Å². The molecule has 52 heavy (non-hydrogen) atoms. The minimum atomic E-state index is -0.196. The van der Waals surface area contributed by atoms with Gasteiger partial charge in [-0.1, -0.05) is 0 Å². The first-order valence-corrected chi connectivity index (χ1v) is 19.4. The summed E-state index contributed by atoms with van der Waals surface area (Å²) in [5.41, 5.74) is 10.6. The van der Waals surface area contributed by atoms with E-state index in [1.54, 1.807) is 0 Å². The summed E-state index contributed by atoms with van der Waals surface area (Å²) in [6.07, 6.45) is 2.81. The van der Waals surface area contributed by atoms with Crippen LogP contribution in [-0.2, 0) is 38.3 Å². The Morgan fingerprint density at radius 3 is 2.04 bits per heavy atom. The Labute approximate surface area is 326 Å². The number of hydrogen-bond donors (Lipinski definition) is 0. The Bertz CT molecular complexity index is 2670. The Morgan fingerprint density at radius 1 is 0.692 bits per heavy atom. The summed E-state index contributed by atoms with van der Waals surface area (Å²) in [6.45, 7) is 22.4. The van der Waals surface area contributed by atoms with Gasteiger partial charge >= 0.3 is 307 Å². The quantitative estimate of drug-likeness (QED) is 0.130. The van der Waals surface area contributed by atoms with Crippen molar-refractivity contribution in [2.24, 2.45) is 5.41 Å². The SMILES string of the molecule is Cc1cc([Se]c2cc(C(C)(C)C)cc(-c3cc(C(C)(C)C)ccn3)n2)nc2c1oc1cc(CC(C)(C)C)cc3oc4c5ccccc5[c-]c2c4c13.[Pt]. The average molecular weight is 933 g/mol. The number of pyridine rings is 3. The maximum absolute atomic E-state index is 6.92. The molecule has 0 radical (unpaired) electrons. The summed E-state index contributed by atoms with van der Waals surface area (Å²) in [7, 11) is 0. The van der Waals surface area contributed by atoms with E-state index < -0.39 is 0 Å². The molecule has 0 unspecified atom stereocenters. The van der Waals surface area contributed by atoms with Gasteiger partial charge in [0.2, 0.25) is 0 Å². The van der Waals surface area contributed by atoms with Crippen LogP contribution in [0.3, 0.4) is 0 Å². The molecule has 0 spiro atoms. The van der Waals surface area contributed by atoms with Gasteiger partial charge in [0.25, 0.3) is 0 Å². The summed E-state index contributed by atoms with van der Waals surface area (Å²) in [5.74, 6) is 0. The Balaban J connectivity index is 0.00000420. The van der Waals surface area contributed by atoms with Crippen LogP contribution >= 0.6 is 0 Å². The monoisotopic (exact) mass is 933 g/mol. The van der Waals surface area contributed by atoms with E-state index in [9.17, 15) is 0 Å². The molecule has 0 N–H and O–H groups in total. The fraction of sp³-hybridized carbons (Fsp3) is 0.311. The molecule has 268 valence electrons. The van der Waals surface area contributed by atoms with E-state index >= 15 is 0 Å². The standard InChI is InChI=1S/C45H44N3O2Se.Pt/c1-25-17-36(51-37-23-29(45(8,9)10)22-33(47-37)32-21-28(15-16-46-32)44(5,6)7)48-40-31-20-27-13-11-12-14-30(27)42-38(31)39-34(49-41(25)40)18-26(19-35(39)50-42)24-43(2,3)4;/h11-19,21-23H,24H2,1-10H3;/q-1;. The number of aryl methyl sites for hydroxylation is 1. The number of furan rings is 1. The molecule has 0 saturated heterocycles. The largest absolute Gasteiger partial charge is 0 e. The Hall–Kier alpha value is -3.82. The number of rotatable bonds is 4.